The van der Waals surface area contributed by atoms with E-state index in [4.69, 9.17) is 9.97 Å². The van der Waals surface area contributed by atoms with E-state index in [1.54, 1.807) is 0 Å². The van der Waals surface area contributed by atoms with E-state index < -0.39 is 0 Å². The Kier molecular flexibility index (Phi) is 6.81. The number of fused-ring (bicyclic) bond motifs is 3. The second kappa shape index (κ2) is 11.4. The molecule has 218 valence electrons. The lowest BCUT2D eigenvalue weighted by Gasteiger charge is -2.33. The third kappa shape index (κ3) is 4.59. The molecule has 0 spiro atoms. The van der Waals surface area contributed by atoms with Crippen LogP contribution in [0.1, 0.15) is 12.5 Å². The fourth-order valence-electron chi connectivity index (χ4n) is 6.45. The SMILES string of the molecule is C=N/C(=C\C=C/C)c1ccc(-c2nc(-c3ccc(N4c5ccccc5-c5cccc6cccc4c56)cc3)nc3ccccc23)cc1. The molecule has 6 aromatic carbocycles. The van der Waals surface area contributed by atoms with Gasteiger partial charge in [0.25, 0.3) is 0 Å². The number of hydrogen-bond acceptors (Lipinski definition) is 4. The molecule has 0 radical (unpaired) electrons. The highest BCUT2D eigenvalue weighted by Crippen LogP contribution is 2.50. The molecule has 0 fully saturated rings. The van der Waals surface area contributed by atoms with Gasteiger partial charge in [-0.05, 0) is 73.1 Å². The summed E-state index contributed by atoms with van der Waals surface area (Å²) in [7, 11) is 0. The third-order valence-electron chi connectivity index (χ3n) is 8.62. The molecule has 1 aliphatic heterocycles. The number of aliphatic imine (C=N–C) groups is 1. The van der Waals surface area contributed by atoms with Crippen molar-refractivity contribution >= 4 is 51.2 Å². The van der Waals surface area contributed by atoms with Gasteiger partial charge in [-0.15, -0.1) is 0 Å². The van der Waals surface area contributed by atoms with Crippen LogP contribution in [0.2, 0.25) is 0 Å². The molecule has 0 saturated heterocycles. The first kappa shape index (κ1) is 27.4. The van der Waals surface area contributed by atoms with Crippen LogP contribution in [-0.4, -0.2) is 16.7 Å². The summed E-state index contributed by atoms with van der Waals surface area (Å²) in [5.74, 6) is 0.692. The van der Waals surface area contributed by atoms with Gasteiger partial charge in [0, 0.05) is 38.7 Å². The van der Waals surface area contributed by atoms with Crippen molar-refractivity contribution < 1.29 is 0 Å². The smallest absolute Gasteiger partial charge is 0.160 e. The van der Waals surface area contributed by atoms with Crippen LogP contribution in [0, 0.1) is 0 Å². The van der Waals surface area contributed by atoms with Gasteiger partial charge in [-0.2, -0.15) is 0 Å². The fourth-order valence-corrected chi connectivity index (χ4v) is 6.45. The summed E-state index contributed by atoms with van der Waals surface area (Å²) in [6.07, 6.45) is 5.91. The van der Waals surface area contributed by atoms with Crippen LogP contribution in [0.25, 0.3) is 61.1 Å². The number of hydrogen-bond donors (Lipinski definition) is 0. The molecule has 0 saturated carbocycles. The Morgan fingerprint density at radius 3 is 2.17 bits per heavy atom. The Bertz CT molecular complexity index is 2330. The molecule has 2 heterocycles. The molecule has 0 amide bonds. The Hall–Kier alpha value is -6.13. The Morgan fingerprint density at radius 1 is 0.674 bits per heavy atom. The van der Waals surface area contributed by atoms with Gasteiger partial charge in [0.15, 0.2) is 5.82 Å². The second-order valence-electron chi connectivity index (χ2n) is 11.3. The molecule has 0 N–H and O–H groups in total. The molecule has 0 unspecified atom stereocenters. The van der Waals surface area contributed by atoms with Crippen molar-refractivity contribution in [1.29, 1.82) is 0 Å². The molecule has 0 aliphatic carbocycles. The molecule has 46 heavy (non-hydrogen) atoms. The second-order valence-corrected chi connectivity index (χ2v) is 11.3. The van der Waals surface area contributed by atoms with Crippen molar-refractivity contribution in [2.75, 3.05) is 4.90 Å². The first-order valence-electron chi connectivity index (χ1n) is 15.4. The largest absolute Gasteiger partial charge is 0.309 e. The molecular formula is C42H30N4. The van der Waals surface area contributed by atoms with Crippen molar-refractivity contribution in [3.8, 4) is 33.8 Å². The van der Waals surface area contributed by atoms with Gasteiger partial charge in [0.05, 0.1) is 28.3 Å². The maximum Gasteiger partial charge on any atom is 0.160 e. The summed E-state index contributed by atoms with van der Waals surface area (Å²) in [4.78, 5) is 16.7. The Balaban J connectivity index is 1.21. The zero-order valence-corrected chi connectivity index (χ0v) is 25.4. The summed E-state index contributed by atoms with van der Waals surface area (Å²) in [6.45, 7) is 5.73. The molecular weight excluding hydrogens is 560 g/mol. The van der Waals surface area contributed by atoms with E-state index in [1.807, 2.05) is 37.3 Å². The van der Waals surface area contributed by atoms with Gasteiger partial charge >= 0.3 is 0 Å². The molecule has 8 rings (SSSR count). The number of nitrogens with zero attached hydrogens (tertiary/aromatic N) is 4. The highest BCUT2D eigenvalue weighted by atomic mass is 15.2. The third-order valence-corrected chi connectivity index (χ3v) is 8.62. The van der Waals surface area contributed by atoms with Crippen molar-refractivity contribution in [2.45, 2.75) is 6.92 Å². The standard InChI is InChI=1S/C42H30N4/c1-3-4-16-36(43-2)28-20-22-30(23-21-28)41-35-14-5-7-17-37(35)44-42(45-41)31-24-26-32(27-25-31)46-38-18-8-6-13-33(38)34-15-9-11-29-12-10-19-39(46)40(29)34/h3-27H,2H2,1H3/b4-3-,36-16-. The molecule has 1 aromatic heterocycles. The van der Waals surface area contributed by atoms with Crippen molar-refractivity contribution in [1.82, 2.24) is 9.97 Å². The Morgan fingerprint density at radius 2 is 1.37 bits per heavy atom. The zero-order valence-electron chi connectivity index (χ0n) is 25.4. The monoisotopic (exact) mass is 590 g/mol. The predicted molar refractivity (Wildman–Crippen MR) is 194 cm³/mol. The highest BCUT2D eigenvalue weighted by Gasteiger charge is 2.25. The number of para-hydroxylation sites is 2. The molecule has 7 aromatic rings. The van der Waals surface area contributed by atoms with Crippen molar-refractivity contribution in [3.63, 3.8) is 0 Å². The average molecular weight is 591 g/mol. The summed E-state index contributed by atoms with van der Waals surface area (Å²) in [5.41, 5.74) is 11.6. The van der Waals surface area contributed by atoms with Crippen LogP contribution in [0.15, 0.2) is 157 Å². The lowest BCUT2D eigenvalue weighted by Crippen LogP contribution is -2.14. The lowest BCUT2D eigenvalue weighted by molar-refractivity contribution is 1.22. The van der Waals surface area contributed by atoms with Crippen LogP contribution >= 0.6 is 0 Å². The summed E-state index contributed by atoms with van der Waals surface area (Å²) >= 11 is 0. The number of rotatable bonds is 6. The average Bonchev–Trinajstić information content (AvgIpc) is 3.12. The van der Waals surface area contributed by atoms with E-state index in [0.717, 1.165) is 44.7 Å². The topological polar surface area (TPSA) is 41.4 Å². The normalized spacial score (nSPS) is 12.5. The summed E-state index contributed by atoms with van der Waals surface area (Å²) < 4.78 is 0. The number of aromatic nitrogens is 2. The van der Waals surface area contributed by atoms with E-state index in [9.17, 15) is 0 Å². The molecule has 4 heteroatoms. The van der Waals surface area contributed by atoms with Crippen LogP contribution in [0.4, 0.5) is 17.1 Å². The van der Waals surface area contributed by atoms with E-state index in [0.29, 0.717) is 5.82 Å². The van der Waals surface area contributed by atoms with E-state index >= 15 is 0 Å². The molecule has 1 aliphatic rings. The van der Waals surface area contributed by atoms with Gasteiger partial charge < -0.3 is 4.90 Å². The van der Waals surface area contributed by atoms with Crippen LogP contribution < -0.4 is 4.90 Å². The molecule has 0 bridgehead atoms. The van der Waals surface area contributed by atoms with Crippen molar-refractivity contribution in [3.05, 3.63) is 157 Å². The van der Waals surface area contributed by atoms with E-state index in [2.05, 4.69) is 138 Å². The predicted octanol–water partition coefficient (Wildman–Crippen LogP) is 11.2. The Labute approximate surface area is 268 Å². The summed E-state index contributed by atoms with van der Waals surface area (Å²) in [6, 6.07) is 46.9. The first-order valence-corrected chi connectivity index (χ1v) is 15.4. The number of anilines is 3. The zero-order chi connectivity index (χ0) is 31.0. The van der Waals surface area contributed by atoms with E-state index in [-0.39, 0.29) is 0 Å². The summed E-state index contributed by atoms with van der Waals surface area (Å²) in [5, 5.41) is 3.52. The van der Waals surface area contributed by atoms with Crippen LogP contribution in [0.3, 0.4) is 0 Å². The van der Waals surface area contributed by atoms with Crippen LogP contribution in [0.5, 0.6) is 0 Å². The quantitative estimate of drug-likeness (QED) is 0.143. The van der Waals surface area contributed by atoms with Crippen LogP contribution in [-0.2, 0) is 0 Å². The van der Waals surface area contributed by atoms with Gasteiger partial charge in [0.2, 0.25) is 0 Å². The molecule has 0 atom stereocenters. The maximum atomic E-state index is 5.14. The van der Waals surface area contributed by atoms with E-state index in [1.165, 1.54) is 33.3 Å². The molecule has 4 nitrogen and oxygen atoms in total. The number of allylic oxidation sites excluding steroid dienone is 3. The van der Waals surface area contributed by atoms with Gasteiger partial charge in [-0.25, -0.2) is 9.97 Å². The maximum absolute atomic E-state index is 5.14. The van der Waals surface area contributed by atoms with Crippen molar-refractivity contribution in [2.24, 2.45) is 4.99 Å². The fraction of sp³-hybridized carbons (Fsp3) is 0.0238. The first-order chi connectivity index (χ1) is 22.7. The van der Waals surface area contributed by atoms with Gasteiger partial charge in [0.1, 0.15) is 0 Å². The minimum atomic E-state index is 0.692. The van der Waals surface area contributed by atoms with Gasteiger partial charge in [-0.1, -0.05) is 103 Å². The minimum Gasteiger partial charge on any atom is -0.309 e. The lowest BCUT2D eigenvalue weighted by atomic mass is 9.91. The highest BCUT2D eigenvalue weighted by molar-refractivity contribution is 6.13. The van der Waals surface area contributed by atoms with Gasteiger partial charge in [-0.3, -0.25) is 4.99 Å². The number of benzene rings is 6. The minimum absolute atomic E-state index is 0.692.